The van der Waals surface area contributed by atoms with Crippen molar-refractivity contribution in [2.75, 3.05) is 11.8 Å². The average Bonchev–Trinajstić information content (AvgIpc) is 2.82. The third-order valence-corrected chi connectivity index (χ3v) is 4.18. The van der Waals surface area contributed by atoms with Crippen molar-refractivity contribution < 1.29 is 12.8 Å². The molecule has 0 aliphatic carbocycles. The largest absolute Gasteiger partial charge is 0.316 e. The van der Waals surface area contributed by atoms with Crippen LogP contribution in [0.3, 0.4) is 0 Å². The molecule has 0 fully saturated rings. The number of nitrogens with zero attached hydrogens (tertiary/aromatic N) is 1. The predicted octanol–water partition coefficient (Wildman–Crippen LogP) is 1.72. The number of H-pyrrole nitrogens is 1. The first kappa shape index (κ1) is 14.8. The van der Waals surface area contributed by atoms with Crippen LogP contribution in [0, 0.1) is 5.82 Å². The summed E-state index contributed by atoms with van der Waals surface area (Å²) < 4.78 is 39.7. The number of aromatic nitrogens is 2. The zero-order valence-corrected chi connectivity index (χ0v) is 12.0. The highest BCUT2D eigenvalue weighted by Crippen LogP contribution is 2.25. The molecule has 0 atom stereocenters. The normalized spacial score (nSPS) is 11.6. The Bertz CT molecular complexity index is 717. The Labute approximate surface area is 120 Å². The van der Waals surface area contributed by atoms with Gasteiger partial charge in [0.15, 0.2) is 5.03 Å². The highest BCUT2D eigenvalue weighted by Gasteiger charge is 2.21. The van der Waals surface area contributed by atoms with Gasteiger partial charge in [-0.3, -0.25) is 9.82 Å². The Balaban J connectivity index is 2.33. The summed E-state index contributed by atoms with van der Waals surface area (Å²) in [4.78, 5) is 0. The molecule has 6 nitrogen and oxygen atoms in total. The summed E-state index contributed by atoms with van der Waals surface area (Å²) in [5.41, 5.74) is 0.580. The van der Waals surface area contributed by atoms with E-state index in [0.29, 0.717) is 12.1 Å². The minimum absolute atomic E-state index is 0.0248. The monoisotopic (exact) mass is 318 g/mol. The number of benzene rings is 1. The lowest BCUT2D eigenvalue weighted by atomic mass is 10.3. The average molecular weight is 319 g/mol. The van der Waals surface area contributed by atoms with Gasteiger partial charge in [-0.15, -0.1) is 0 Å². The van der Waals surface area contributed by atoms with Crippen LogP contribution in [0.2, 0.25) is 5.02 Å². The highest BCUT2D eigenvalue weighted by atomic mass is 35.5. The van der Waals surface area contributed by atoms with Gasteiger partial charge in [0.1, 0.15) is 5.82 Å². The number of hydrogen-bond donors (Lipinski definition) is 3. The van der Waals surface area contributed by atoms with Crippen LogP contribution in [0.4, 0.5) is 10.1 Å². The Morgan fingerprint density at radius 2 is 2.20 bits per heavy atom. The van der Waals surface area contributed by atoms with Crippen molar-refractivity contribution in [3.63, 3.8) is 0 Å². The van der Waals surface area contributed by atoms with E-state index in [4.69, 9.17) is 11.6 Å². The first-order valence-corrected chi connectivity index (χ1v) is 7.45. The van der Waals surface area contributed by atoms with Crippen LogP contribution < -0.4 is 10.0 Å². The van der Waals surface area contributed by atoms with Gasteiger partial charge in [-0.25, -0.2) is 4.39 Å². The maximum Gasteiger partial charge on any atom is 0.279 e. The fourth-order valence-electron chi connectivity index (χ4n) is 1.62. The molecule has 0 radical (unpaired) electrons. The Hall–Kier alpha value is -1.64. The molecule has 0 spiro atoms. The Kier molecular flexibility index (Phi) is 4.26. The van der Waals surface area contributed by atoms with Crippen LogP contribution in [0.1, 0.15) is 5.56 Å². The molecule has 108 valence electrons. The van der Waals surface area contributed by atoms with Crippen LogP contribution in [-0.2, 0) is 16.6 Å². The van der Waals surface area contributed by atoms with Gasteiger partial charge >= 0.3 is 0 Å². The lowest BCUT2D eigenvalue weighted by molar-refractivity contribution is 0.595. The molecule has 3 N–H and O–H groups in total. The molecule has 0 saturated heterocycles. The summed E-state index contributed by atoms with van der Waals surface area (Å²) >= 11 is 5.79. The van der Waals surface area contributed by atoms with Gasteiger partial charge in [0.2, 0.25) is 0 Å². The van der Waals surface area contributed by atoms with Crippen molar-refractivity contribution in [3.8, 4) is 0 Å². The second-order valence-corrected chi connectivity index (χ2v) is 6.01. The second-order valence-electron chi connectivity index (χ2n) is 3.98. The summed E-state index contributed by atoms with van der Waals surface area (Å²) in [5.74, 6) is -0.546. The van der Waals surface area contributed by atoms with Gasteiger partial charge in [-0.2, -0.15) is 13.5 Å². The van der Waals surface area contributed by atoms with E-state index in [1.54, 1.807) is 7.05 Å². The van der Waals surface area contributed by atoms with Gasteiger partial charge in [-0.1, -0.05) is 11.6 Å². The quantitative estimate of drug-likeness (QED) is 0.783. The molecule has 1 aromatic carbocycles. The maximum absolute atomic E-state index is 12.9. The van der Waals surface area contributed by atoms with Crippen molar-refractivity contribution in [1.82, 2.24) is 15.5 Å². The first-order chi connectivity index (χ1) is 9.44. The number of nitrogens with one attached hydrogen (secondary N) is 3. The van der Waals surface area contributed by atoms with Crippen LogP contribution in [-0.4, -0.2) is 25.7 Å². The number of hydrogen-bond acceptors (Lipinski definition) is 4. The van der Waals surface area contributed by atoms with E-state index in [0.717, 1.165) is 12.1 Å². The van der Waals surface area contributed by atoms with E-state index in [9.17, 15) is 12.8 Å². The molecule has 20 heavy (non-hydrogen) atoms. The molecule has 2 aromatic rings. The first-order valence-electron chi connectivity index (χ1n) is 5.59. The van der Waals surface area contributed by atoms with E-state index in [2.05, 4.69) is 20.2 Å². The summed E-state index contributed by atoms with van der Waals surface area (Å²) in [7, 11) is -2.18. The molecule has 0 unspecified atom stereocenters. The maximum atomic E-state index is 12.9. The molecule has 0 aliphatic heterocycles. The lowest BCUT2D eigenvalue weighted by Gasteiger charge is -2.09. The molecule has 0 bridgehead atoms. The van der Waals surface area contributed by atoms with Crippen LogP contribution >= 0.6 is 11.6 Å². The van der Waals surface area contributed by atoms with Gasteiger partial charge in [-0.05, 0) is 25.2 Å². The Morgan fingerprint density at radius 1 is 1.45 bits per heavy atom. The standard InChI is InChI=1S/C11H12ClFN4O2S/c1-14-5-7-6-15-16-11(7)20(18,19)17-10-3-2-8(13)4-9(10)12/h2-4,6,14,17H,5H2,1H3,(H,15,16). The van der Waals surface area contributed by atoms with Crippen LogP contribution in [0.5, 0.6) is 0 Å². The molecule has 9 heteroatoms. The van der Waals surface area contributed by atoms with Crippen molar-refractivity contribution in [3.05, 3.63) is 40.8 Å². The minimum atomic E-state index is -3.87. The summed E-state index contributed by atoms with van der Waals surface area (Å²) in [6.45, 7) is 0.337. The third kappa shape index (κ3) is 3.09. The topological polar surface area (TPSA) is 86.9 Å². The predicted molar refractivity (Wildman–Crippen MR) is 73.6 cm³/mol. The fourth-order valence-corrected chi connectivity index (χ4v) is 3.10. The number of sulfonamides is 1. The van der Waals surface area contributed by atoms with Crippen molar-refractivity contribution >= 4 is 27.3 Å². The third-order valence-electron chi connectivity index (χ3n) is 2.49. The van der Waals surface area contributed by atoms with E-state index in [1.807, 2.05) is 0 Å². The van der Waals surface area contributed by atoms with E-state index in [-0.39, 0.29) is 15.7 Å². The second kappa shape index (κ2) is 5.78. The summed E-state index contributed by atoms with van der Waals surface area (Å²) in [6, 6.07) is 3.40. The zero-order chi connectivity index (χ0) is 14.8. The van der Waals surface area contributed by atoms with Crippen LogP contribution in [0.25, 0.3) is 0 Å². The molecule has 0 amide bonds. The van der Waals surface area contributed by atoms with Gasteiger partial charge in [0.05, 0.1) is 16.9 Å². The fraction of sp³-hybridized carbons (Fsp3) is 0.182. The molecular formula is C11H12ClFN4O2S. The van der Waals surface area contributed by atoms with Gasteiger partial charge in [0.25, 0.3) is 10.0 Å². The molecule has 0 aliphatic rings. The SMILES string of the molecule is CNCc1cn[nH]c1S(=O)(=O)Nc1ccc(F)cc1Cl. The number of halogens is 2. The van der Waals surface area contributed by atoms with Crippen molar-refractivity contribution in [2.24, 2.45) is 0 Å². The highest BCUT2D eigenvalue weighted by molar-refractivity contribution is 7.92. The summed E-state index contributed by atoms with van der Waals surface area (Å²) in [6.07, 6.45) is 1.41. The van der Waals surface area contributed by atoms with E-state index in [1.165, 1.54) is 12.3 Å². The summed E-state index contributed by atoms with van der Waals surface area (Å²) in [5, 5.41) is 8.88. The van der Waals surface area contributed by atoms with E-state index < -0.39 is 15.8 Å². The van der Waals surface area contributed by atoms with Gasteiger partial charge in [0, 0.05) is 12.1 Å². The minimum Gasteiger partial charge on any atom is -0.316 e. The molecule has 0 saturated carbocycles. The number of anilines is 1. The number of aromatic amines is 1. The van der Waals surface area contributed by atoms with Crippen molar-refractivity contribution in [2.45, 2.75) is 11.6 Å². The molecular weight excluding hydrogens is 307 g/mol. The van der Waals surface area contributed by atoms with Crippen LogP contribution in [0.15, 0.2) is 29.4 Å². The molecule has 2 rings (SSSR count). The van der Waals surface area contributed by atoms with Crippen molar-refractivity contribution in [1.29, 1.82) is 0 Å². The van der Waals surface area contributed by atoms with Gasteiger partial charge < -0.3 is 5.32 Å². The molecule has 1 heterocycles. The number of rotatable bonds is 5. The Morgan fingerprint density at radius 3 is 2.85 bits per heavy atom. The lowest BCUT2D eigenvalue weighted by Crippen LogP contribution is -2.17. The zero-order valence-electron chi connectivity index (χ0n) is 10.4. The van der Waals surface area contributed by atoms with E-state index >= 15 is 0 Å². The molecule has 1 aromatic heterocycles. The smallest absolute Gasteiger partial charge is 0.279 e.